The minimum Gasteiger partial charge on any atom is -0.352 e. The minimum absolute atomic E-state index is 0.267. The van der Waals surface area contributed by atoms with Crippen LogP contribution in [0.3, 0.4) is 0 Å². The molecular weight excluding hydrogens is 505 g/mol. The average molecular weight is 536 g/mol. The predicted octanol–water partition coefficient (Wildman–Crippen LogP) is 3.48. The number of nitrogens with one attached hydrogen (secondary N) is 2. The van der Waals surface area contributed by atoms with Gasteiger partial charge in [-0.2, -0.15) is 0 Å². The van der Waals surface area contributed by atoms with Gasteiger partial charge in [0.05, 0.1) is 5.54 Å². The maximum Gasteiger partial charge on any atom is 0.312 e. The zero-order valence-electron chi connectivity index (χ0n) is 21.2. The van der Waals surface area contributed by atoms with E-state index in [0.29, 0.717) is 18.0 Å². The number of hydrogen-bond donors (Lipinski definition) is 4. The molecule has 1 atom stereocenters. The molecule has 0 aliphatic carbocycles. The number of carbonyl (C=O) groups excluding carboxylic acids is 3. The van der Waals surface area contributed by atoms with Crippen LogP contribution in [-0.4, -0.2) is 33.7 Å². The van der Waals surface area contributed by atoms with Crippen LogP contribution in [0.4, 0.5) is 9.18 Å². The van der Waals surface area contributed by atoms with Crippen LogP contribution in [0.1, 0.15) is 30.5 Å². The lowest BCUT2D eigenvalue weighted by molar-refractivity contribution is -0.135. The van der Waals surface area contributed by atoms with Crippen LogP contribution in [-0.2, 0) is 29.2 Å². The summed E-state index contributed by atoms with van der Waals surface area (Å²) in [6.07, 6.45) is 0. The first-order valence-electron chi connectivity index (χ1n) is 12.1. The Morgan fingerprint density at radius 1 is 1.11 bits per heavy atom. The molecule has 198 valence electrons. The molecule has 0 aromatic heterocycles. The van der Waals surface area contributed by atoms with Crippen molar-refractivity contribution < 1.29 is 18.8 Å². The highest BCUT2D eigenvalue weighted by Gasteiger charge is 2.34. The summed E-state index contributed by atoms with van der Waals surface area (Å²) in [4.78, 5) is 39.5. The lowest BCUT2D eigenvalue weighted by Gasteiger charge is -2.27. The highest BCUT2D eigenvalue weighted by atomic mass is 32.2. The molecule has 1 heterocycles. The monoisotopic (exact) mass is 535 g/mol. The van der Waals surface area contributed by atoms with Crippen molar-refractivity contribution in [3.63, 3.8) is 0 Å². The van der Waals surface area contributed by atoms with E-state index in [2.05, 4.69) is 10.6 Å². The molecule has 3 aromatic carbocycles. The molecule has 3 aromatic rings. The summed E-state index contributed by atoms with van der Waals surface area (Å²) >= 11 is 1.11. The van der Waals surface area contributed by atoms with Crippen molar-refractivity contribution in [1.29, 1.82) is 0 Å². The van der Waals surface area contributed by atoms with Gasteiger partial charge in [0.1, 0.15) is 5.82 Å². The van der Waals surface area contributed by atoms with Crippen LogP contribution in [0.25, 0.3) is 11.1 Å². The molecule has 0 saturated heterocycles. The zero-order chi connectivity index (χ0) is 27.4. The van der Waals surface area contributed by atoms with E-state index in [1.807, 2.05) is 48.5 Å². The van der Waals surface area contributed by atoms with Gasteiger partial charge in [-0.3, -0.25) is 9.59 Å². The summed E-state index contributed by atoms with van der Waals surface area (Å²) in [5, 5.41) is 4.40. The second-order valence-corrected chi connectivity index (χ2v) is 10.9. The van der Waals surface area contributed by atoms with E-state index in [4.69, 9.17) is 11.5 Å². The molecule has 4 rings (SSSR count). The van der Waals surface area contributed by atoms with E-state index in [0.717, 1.165) is 39.6 Å². The SMILES string of the molecule is CC(C)(N)C(=O)N[C@@H]1Sc2cc(F)ccc2CN(Cc2ccc(-c3ccccc3CNC(N)=O)cc2)C1=O. The van der Waals surface area contributed by atoms with Crippen LogP contribution in [0.15, 0.2) is 71.6 Å². The molecule has 0 radical (unpaired) electrons. The molecule has 0 bridgehead atoms. The Bertz CT molecular complexity index is 1360. The topological polar surface area (TPSA) is 131 Å². The van der Waals surface area contributed by atoms with Gasteiger partial charge in [0.25, 0.3) is 5.91 Å². The van der Waals surface area contributed by atoms with Crippen LogP contribution in [0.5, 0.6) is 0 Å². The van der Waals surface area contributed by atoms with Gasteiger partial charge in [0.15, 0.2) is 5.37 Å². The molecule has 6 N–H and O–H groups in total. The standard InChI is InChI=1S/C28H30FN5O3S/c1-28(2,31)26(36)33-24-25(35)34(16-20-11-12-21(29)13-23(20)38-24)15-17-7-9-18(10-8-17)22-6-4-3-5-19(22)14-32-27(30)37/h3-13,24H,14-16,31H2,1-2H3,(H,33,36)(H3,30,32,37)/t24-/m1/s1. The van der Waals surface area contributed by atoms with Gasteiger partial charge < -0.3 is 27.0 Å². The smallest absolute Gasteiger partial charge is 0.312 e. The largest absolute Gasteiger partial charge is 0.352 e. The van der Waals surface area contributed by atoms with E-state index in [1.54, 1.807) is 24.8 Å². The van der Waals surface area contributed by atoms with Crippen molar-refractivity contribution >= 4 is 29.6 Å². The number of nitrogens with zero attached hydrogens (tertiary/aromatic N) is 1. The fourth-order valence-electron chi connectivity index (χ4n) is 4.07. The predicted molar refractivity (Wildman–Crippen MR) is 145 cm³/mol. The van der Waals surface area contributed by atoms with Crippen LogP contribution in [0.2, 0.25) is 0 Å². The number of thioether (sulfide) groups is 1. The summed E-state index contributed by atoms with van der Waals surface area (Å²) in [6, 6.07) is 19.3. The highest BCUT2D eigenvalue weighted by molar-refractivity contribution is 8.00. The first-order valence-corrected chi connectivity index (χ1v) is 12.9. The fourth-order valence-corrected chi connectivity index (χ4v) is 5.21. The summed E-state index contributed by atoms with van der Waals surface area (Å²) in [7, 11) is 0. The number of fused-ring (bicyclic) bond motifs is 1. The Kier molecular flexibility index (Phi) is 8.03. The van der Waals surface area contributed by atoms with Gasteiger partial charge in [-0.15, -0.1) is 0 Å². The summed E-state index contributed by atoms with van der Waals surface area (Å²) in [6.45, 7) is 3.98. The second kappa shape index (κ2) is 11.2. The van der Waals surface area contributed by atoms with Crippen LogP contribution in [0, 0.1) is 5.82 Å². The molecule has 38 heavy (non-hydrogen) atoms. The van der Waals surface area contributed by atoms with Crippen molar-refractivity contribution in [2.24, 2.45) is 11.5 Å². The van der Waals surface area contributed by atoms with E-state index >= 15 is 0 Å². The van der Waals surface area contributed by atoms with E-state index < -0.39 is 28.7 Å². The maximum absolute atomic E-state index is 14.0. The molecule has 0 fully saturated rings. The molecular formula is C28H30FN5O3S. The van der Waals surface area contributed by atoms with Crippen molar-refractivity contribution in [1.82, 2.24) is 15.5 Å². The van der Waals surface area contributed by atoms with E-state index in [-0.39, 0.29) is 12.5 Å². The fraction of sp³-hybridized carbons (Fsp3) is 0.250. The van der Waals surface area contributed by atoms with Gasteiger partial charge in [-0.1, -0.05) is 66.4 Å². The van der Waals surface area contributed by atoms with Gasteiger partial charge in [-0.05, 0) is 53.8 Å². The molecule has 1 aliphatic heterocycles. The quantitative estimate of drug-likeness (QED) is 0.368. The van der Waals surface area contributed by atoms with Gasteiger partial charge in [0, 0.05) is 24.5 Å². The summed E-state index contributed by atoms with van der Waals surface area (Å²) in [5.41, 5.74) is 14.5. The van der Waals surface area contributed by atoms with E-state index in [1.165, 1.54) is 12.1 Å². The first kappa shape index (κ1) is 27.2. The number of halogens is 1. The maximum atomic E-state index is 14.0. The summed E-state index contributed by atoms with van der Waals surface area (Å²) in [5.74, 6) is -1.18. The lowest BCUT2D eigenvalue weighted by Crippen LogP contribution is -2.54. The Balaban J connectivity index is 1.58. The molecule has 8 nitrogen and oxygen atoms in total. The molecule has 4 amide bonds. The zero-order valence-corrected chi connectivity index (χ0v) is 22.0. The number of benzene rings is 3. The van der Waals surface area contributed by atoms with Crippen molar-refractivity contribution in [3.05, 3.63) is 89.2 Å². The second-order valence-electron chi connectivity index (χ2n) is 9.71. The number of rotatable bonds is 7. The Morgan fingerprint density at radius 2 is 1.82 bits per heavy atom. The number of nitrogens with two attached hydrogens (primary N) is 2. The highest BCUT2D eigenvalue weighted by Crippen LogP contribution is 2.33. The average Bonchev–Trinajstić information content (AvgIpc) is 2.99. The third kappa shape index (κ3) is 6.51. The van der Waals surface area contributed by atoms with Gasteiger partial charge in [0.2, 0.25) is 5.91 Å². The number of hydrogen-bond acceptors (Lipinski definition) is 5. The Labute approximate surface area is 225 Å². The third-order valence-electron chi connectivity index (χ3n) is 6.13. The van der Waals surface area contributed by atoms with Crippen molar-refractivity contribution in [2.45, 2.75) is 49.3 Å². The van der Waals surface area contributed by atoms with Crippen LogP contribution < -0.4 is 22.1 Å². The van der Waals surface area contributed by atoms with Gasteiger partial charge in [-0.25, -0.2) is 9.18 Å². The van der Waals surface area contributed by atoms with Crippen molar-refractivity contribution in [3.8, 4) is 11.1 Å². The number of urea groups is 1. The summed E-state index contributed by atoms with van der Waals surface area (Å²) < 4.78 is 14.0. The number of carbonyl (C=O) groups is 3. The number of primary amides is 1. The Morgan fingerprint density at radius 3 is 2.50 bits per heavy atom. The normalized spacial score (nSPS) is 15.4. The lowest BCUT2D eigenvalue weighted by atomic mass is 9.98. The van der Waals surface area contributed by atoms with Crippen LogP contribution >= 0.6 is 11.8 Å². The molecule has 10 heteroatoms. The van der Waals surface area contributed by atoms with Gasteiger partial charge >= 0.3 is 6.03 Å². The minimum atomic E-state index is -1.18. The van der Waals surface area contributed by atoms with Crippen molar-refractivity contribution in [2.75, 3.05) is 0 Å². The molecule has 0 unspecified atom stereocenters. The third-order valence-corrected chi connectivity index (χ3v) is 7.32. The van der Waals surface area contributed by atoms with E-state index in [9.17, 15) is 18.8 Å². The molecule has 0 saturated carbocycles. The Hall–Kier alpha value is -3.89. The molecule has 1 aliphatic rings. The first-order chi connectivity index (χ1) is 18.0. The number of amides is 4. The molecule has 0 spiro atoms.